The number of anilines is 2. The maximum Gasteiger partial charge on any atom is 0.411 e. The molecule has 0 fully saturated rings. The summed E-state index contributed by atoms with van der Waals surface area (Å²) in [5.41, 5.74) is 3.59. The lowest BCUT2D eigenvalue weighted by Crippen LogP contribution is -1.95. The molecule has 0 saturated heterocycles. The van der Waals surface area contributed by atoms with Crippen molar-refractivity contribution in [3.8, 4) is 0 Å². The molecule has 0 amide bonds. The van der Waals surface area contributed by atoms with Crippen molar-refractivity contribution in [1.82, 2.24) is 0 Å². The van der Waals surface area contributed by atoms with Gasteiger partial charge in [-0.15, -0.1) is 0 Å². The highest BCUT2D eigenvalue weighted by atomic mass is 35.5. The summed E-state index contributed by atoms with van der Waals surface area (Å²) in [4.78, 5) is 8.20. The van der Waals surface area contributed by atoms with Crippen LogP contribution in [0.5, 0.6) is 0 Å². The van der Waals surface area contributed by atoms with Crippen LogP contribution in [0, 0.1) is 5.39 Å². The first-order valence-electron chi connectivity index (χ1n) is 6.27. The molecule has 0 saturated carbocycles. The SMILES string of the molecule is N#[N+]c1cc(NCl)c(Cc2ccccc2)cc1NCl.O=S(=O)(O)O. The van der Waals surface area contributed by atoms with Crippen molar-refractivity contribution in [2.45, 2.75) is 6.42 Å². The first-order valence-corrected chi connectivity index (χ1v) is 8.43. The molecule has 0 aliphatic heterocycles. The predicted molar refractivity (Wildman–Crippen MR) is 93.6 cm³/mol. The Hall–Kier alpha value is -2.09. The van der Waals surface area contributed by atoms with E-state index in [9.17, 15) is 0 Å². The average molecular weight is 392 g/mol. The fourth-order valence-electron chi connectivity index (χ4n) is 1.84. The van der Waals surface area contributed by atoms with Crippen molar-refractivity contribution >= 4 is 51.0 Å². The number of benzene rings is 2. The minimum absolute atomic E-state index is 0.315. The van der Waals surface area contributed by atoms with Crippen molar-refractivity contribution in [2.75, 3.05) is 9.67 Å². The third-order valence-electron chi connectivity index (χ3n) is 2.77. The zero-order valence-corrected chi connectivity index (χ0v) is 14.3. The van der Waals surface area contributed by atoms with Gasteiger partial charge in [-0.2, -0.15) is 8.42 Å². The van der Waals surface area contributed by atoms with Gasteiger partial charge in [-0.25, -0.2) is 0 Å². The molecule has 128 valence electrons. The lowest BCUT2D eigenvalue weighted by molar-refractivity contribution is 0.381. The maximum atomic E-state index is 8.91. The summed E-state index contributed by atoms with van der Waals surface area (Å²) < 4.78 is 31.6. The zero-order valence-electron chi connectivity index (χ0n) is 12.0. The van der Waals surface area contributed by atoms with Gasteiger partial charge in [0.1, 0.15) is 5.69 Å². The molecule has 0 aliphatic carbocycles. The molecule has 0 unspecified atom stereocenters. The van der Waals surface area contributed by atoms with E-state index in [-0.39, 0.29) is 0 Å². The first-order chi connectivity index (χ1) is 11.3. The molecule has 2 rings (SSSR count). The van der Waals surface area contributed by atoms with Gasteiger partial charge >= 0.3 is 16.1 Å². The van der Waals surface area contributed by atoms with Crippen molar-refractivity contribution in [1.29, 1.82) is 5.39 Å². The molecule has 11 heteroatoms. The van der Waals surface area contributed by atoms with Crippen LogP contribution in [0.3, 0.4) is 0 Å². The van der Waals surface area contributed by atoms with E-state index in [1.54, 1.807) is 12.1 Å². The van der Waals surface area contributed by atoms with Gasteiger partial charge in [-0.05, 0) is 23.6 Å². The quantitative estimate of drug-likeness (QED) is 0.348. The predicted octanol–water partition coefficient (Wildman–Crippen LogP) is 4.24. The van der Waals surface area contributed by atoms with Crippen LogP contribution in [-0.4, -0.2) is 17.5 Å². The summed E-state index contributed by atoms with van der Waals surface area (Å²) in [7, 11) is -4.67. The van der Waals surface area contributed by atoms with Gasteiger partial charge in [0.2, 0.25) is 5.39 Å². The minimum Gasteiger partial charge on any atom is -0.298 e. The number of hydrogen-bond acceptors (Lipinski definition) is 5. The van der Waals surface area contributed by atoms with Crippen LogP contribution >= 0.6 is 23.6 Å². The molecule has 2 aromatic carbocycles. The van der Waals surface area contributed by atoms with Gasteiger partial charge in [0.05, 0.1) is 11.8 Å². The van der Waals surface area contributed by atoms with Crippen LogP contribution in [0.4, 0.5) is 17.1 Å². The standard InChI is InChI=1S/C13H10Cl2N4.H2O4S/c14-17-11-8-13(19-16)12(18-15)7-10(11)6-9-4-2-1-3-5-9;1-5(2,3)4/h1-5,7-8,16H,6H2;(H2,1,2,3,4)/p+1. The smallest absolute Gasteiger partial charge is 0.298 e. The fraction of sp³-hybridized carbons (Fsp3) is 0.0769. The average Bonchev–Trinajstić information content (AvgIpc) is 2.53. The third-order valence-corrected chi connectivity index (χ3v) is 3.18. The van der Waals surface area contributed by atoms with Crippen molar-refractivity contribution < 1.29 is 17.5 Å². The first kappa shape index (κ1) is 20.0. The van der Waals surface area contributed by atoms with Crippen LogP contribution in [0.2, 0.25) is 0 Å². The number of hydrogen-bond donors (Lipinski definition) is 4. The minimum atomic E-state index is -4.67. The Kier molecular flexibility index (Phi) is 7.70. The Morgan fingerprint density at radius 2 is 1.58 bits per heavy atom. The van der Waals surface area contributed by atoms with Gasteiger partial charge in [0.25, 0.3) is 0 Å². The van der Waals surface area contributed by atoms with Crippen molar-refractivity contribution in [3.05, 3.63) is 58.6 Å². The van der Waals surface area contributed by atoms with E-state index in [4.69, 9.17) is 46.5 Å². The highest BCUT2D eigenvalue weighted by molar-refractivity contribution is 7.79. The summed E-state index contributed by atoms with van der Waals surface area (Å²) in [6, 6.07) is 13.4. The van der Waals surface area contributed by atoms with Gasteiger partial charge in [0.15, 0.2) is 4.98 Å². The number of nitrogens with one attached hydrogen (secondary N) is 2. The molecule has 8 nitrogen and oxygen atoms in total. The summed E-state index contributed by atoms with van der Waals surface area (Å²) in [6.07, 6.45) is 0.688. The second kappa shape index (κ2) is 9.27. The maximum absolute atomic E-state index is 8.91. The van der Waals surface area contributed by atoms with Gasteiger partial charge < -0.3 is 0 Å². The van der Waals surface area contributed by atoms with Crippen LogP contribution < -0.4 is 9.67 Å². The number of diazo groups is 1. The Balaban J connectivity index is 0.000000505. The van der Waals surface area contributed by atoms with Gasteiger partial charge in [0, 0.05) is 23.6 Å². The topological polar surface area (TPSA) is 127 Å². The lowest BCUT2D eigenvalue weighted by Gasteiger charge is -2.08. The second-order valence-corrected chi connectivity index (χ2v) is 5.70. The van der Waals surface area contributed by atoms with Crippen molar-refractivity contribution in [2.24, 2.45) is 0 Å². The molecule has 0 radical (unpaired) electrons. The van der Waals surface area contributed by atoms with Crippen LogP contribution in [0.25, 0.3) is 4.98 Å². The van der Waals surface area contributed by atoms with E-state index < -0.39 is 10.4 Å². The van der Waals surface area contributed by atoms with E-state index in [1.165, 1.54) is 0 Å². The van der Waals surface area contributed by atoms with E-state index in [0.29, 0.717) is 23.5 Å². The monoisotopic (exact) mass is 391 g/mol. The zero-order chi connectivity index (χ0) is 18.2. The molecular formula is C13H13Cl2N4O4S+. The highest BCUT2D eigenvalue weighted by Gasteiger charge is 2.18. The van der Waals surface area contributed by atoms with E-state index in [1.807, 2.05) is 30.3 Å². The summed E-state index contributed by atoms with van der Waals surface area (Å²) >= 11 is 11.3. The Morgan fingerprint density at radius 1 is 1.04 bits per heavy atom. The van der Waals surface area contributed by atoms with Gasteiger partial charge in [-0.1, -0.05) is 30.3 Å². The summed E-state index contributed by atoms with van der Waals surface area (Å²) in [6.45, 7) is 0. The van der Waals surface area contributed by atoms with E-state index >= 15 is 0 Å². The van der Waals surface area contributed by atoms with Crippen LogP contribution in [0.15, 0.2) is 42.5 Å². The Labute approximate surface area is 148 Å². The van der Waals surface area contributed by atoms with Crippen molar-refractivity contribution in [3.63, 3.8) is 0 Å². The summed E-state index contributed by atoms with van der Waals surface area (Å²) in [5.74, 6) is 0. The third kappa shape index (κ3) is 6.99. The lowest BCUT2D eigenvalue weighted by atomic mass is 10.0. The molecule has 0 spiro atoms. The molecule has 0 heterocycles. The Bertz CT molecular complexity index is 818. The second-order valence-electron chi connectivity index (χ2n) is 4.43. The highest BCUT2D eigenvalue weighted by Crippen LogP contribution is 2.34. The molecule has 0 atom stereocenters. The molecule has 2 aromatic rings. The van der Waals surface area contributed by atoms with Crippen LogP contribution in [-0.2, 0) is 16.8 Å². The van der Waals surface area contributed by atoms with E-state index in [0.717, 1.165) is 11.1 Å². The fourth-order valence-corrected chi connectivity index (χ4v) is 2.17. The molecule has 0 bridgehead atoms. The molecule has 0 aliphatic rings. The number of nitrogens with zero attached hydrogens (tertiary/aromatic N) is 2. The molecule has 24 heavy (non-hydrogen) atoms. The largest absolute Gasteiger partial charge is 0.411 e. The van der Waals surface area contributed by atoms with Gasteiger partial charge in [-0.3, -0.25) is 18.8 Å². The Morgan fingerprint density at radius 3 is 2.04 bits per heavy atom. The summed E-state index contributed by atoms with van der Waals surface area (Å²) in [5, 5.41) is 8.91. The molecule has 0 aromatic heterocycles. The molecular weight excluding hydrogens is 379 g/mol. The van der Waals surface area contributed by atoms with E-state index in [2.05, 4.69) is 14.6 Å². The van der Waals surface area contributed by atoms with Crippen LogP contribution in [0.1, 0.15) is 11.1 Å². The normalized spacial score (nSPS) is 10.1. The molecule has 4 N–H and O–H groups in total. The number of rotatable bonds is 4. The number of halogens is 2.